The van der Waals surface area contributed by atoms with Crippen molar-refractivity contribution >= 4 is 11.4 Å². The standard InChI is InChI=1S/C10H11N3O2/c14-13(15)9-5-3-8(4-6-9)10-2-1-7-11-12-10/h3-6,11H,1-2,7H2. The van der Waals surface area contributed by atoms with E-state index in [-0.39, 0.29) is 5.69 Å². The molecule has 1 aromatic carbocycles. The molecule has 0 atom stereocenters. The molecule has 0 aliphatic carbocycles. The first kappa shape index (κ1) is 9.64. The van der Waals surface area contributed by atoms with Gasteiger partial charge in [-0.3, -0.25) is 10.1 Å². The van der Waals surface area contributed by atoms with Crippen LogP contribution in [0.2, 0.25) is 0 Å². The van der Waals surface area contributed by atoms with Crippen LogP contribution in [0, 0.1) is 10.1 Å². The van der Waals surface area contributed by atoms with Crippen LogP contribution in [-0.4, -0.2) is 17.2 Å². The molecule has 2 rings (SSSR count). The molecule has 5 heteroatoms. The van der Waals surface area contributed by atoms with Gasteiger partial charge in [0.2, 0.25) is 0 Å². The lowest BCUT2D eigenvalue weighted by molar-refractivity contribution is -0.384. The highest BCUT2D eigenvalue weighted by Crippen LogP contribution is 2.15. The summed E-state index contributed by atoms with van der Waals surface area (Å²) in [6.45, 7) is 0.899. The second-order valence-corrected chi connectivity index (χ2v) is 3.37. The number of nitro benzene ring substituents is 1. The number of nitrogens with zero attached hydrogens (tertiary/aromatic N) is 2. The molecule has 0 bridgehead atoms. The summed E-state index contributed by atoms with van der Waals surface area (Å²) in [6.07, 6.45) is 1.97. The minimum Gasteiger partial charge on any atom is -0.310 e. The fourth-order valence-electron chi connectivity index (χ4n) is 1.53. The van der Waals surface area contributed by atoms with Gasteiger partial charge in [-0.1, -0.05) is 0 Å². The van der Waals surface area contributed by atoms with E-state index >= 15 is 0 Å². The van der Waals surface area contributed by atoms with Gasteiger partial charge in [0.25, 0.3) is 5.69 Å². The maximum atomic E-state index is 10.5. The first-order valence-electron chi connectivity index (χ1n) is 4.81. The predicted octanol–water partition coefficient (Wildman–Crippen LogP) is 1.68. The number of hydrazone groups is 1. The van der Waals surface area contributed by atoms with Crippen molar-refractivity contribution in [2.45, 2.75) is 12.8 Å². The molecular weight excluding hydrogens is 194 g/mol. The minimum absolute atomic E-state index is 0.114. The third-order valence-corrected chi connectivity index (χ3v) is 2.33. The van der Waals surface area contributed by atoms with Gasteiger partial charge in [0.15, 0.2) is 0 Å². The lowest BCUT2D eigenvalue weighted by Gasteiger charge is -2.12. The molecule has 1 heterocycles. The lowest BCUT2D eigenvalue weighted by Crippen LogP contribution is -2.19. The van der Waals surface area contributed by atoms with Gasteiger partial charge in [0.1, 0.15) is 0 Å². The third kappa shape index (κ3) is 2.12. The summed E-state index contributed by atoms with van der Waals surface area (Å²) < 4.78 is 0. The lowest BCUT2D eigenvalue weighted by atomic mass is 10.0. The number of rotatable bonds is 2. The monoisotopic (exact) mass is 205 g/mol. The Hall–Kier alpha value is -1.91. The zero-order valence-corrected chi connectivity index (χ0v) is 8.14. The maximum absolute atomic E-state index is 10.5. The molecule has 0 spiro atoms. The number of hydrogen-bond donors (Lipinski definition) is 1. The Bertz CT molecular complexity index is 398. The molecule has 15 heavy (non-hydrogen) atoms. The largest absolute Gasteiger partial charge is 0.310 e. The van der Waals surface area contributed by atoms with Crippen LogP contribution < -0.4 is 5.43 Å². The summed E-state index contributed by atoms with van der Waals surface area (Å²) in [7, 11) is 0. The van der Waals surface area contributed by atoms with Crippen molar-refractivity contribution in [3.63, 3.8) is 0 Å². The van der Waals surface area contributed by atoms with E-state index in [2.05, 4.69) is 10.5 Å². The van der Waals surface area contributed by atoms with Crippen molar-refractivity contribution < 1.29 is 4.92 Å². The molecule has 1 aliphatic rings. The van der Waals surface area contributed by atoms with Gasteiger partial charge in [-0.2, -0.15) is 5.10 Å². The normalized spacial score (nSPS) is 15.3. The van der Waals surface area contributed by atoms with E-state index in [4.69, 9.17) is 0 Å². The first-order chi connectivity index (χ1) is 7.27. The molecule has 1 aromatic rings. The molecule has 78 valence electrons. The third-order valence-electron chi connectivity index (χ3n) is 2.33. The first-order valence-corrected chi connectivity index (χ1v) is 4.81. The van der Waals surface area contributed by atoms with Gasteiger partial charge in [-0.25, -0.2) is 0 Å². The van der Waals surface area contributed by atoms with E-state index < -0.39 is 4.92 Å². The van der Waals surface area contributed by atoms with Crippen LogP contribution in [0.1, 0.15) is 18.4 Å². The van der Waals surface area contributed by atoms with Gasteiger partial charge in [0.05, 0.1) is 10.6 Å². The SMILES string of the molecule is O=[N+]([O-])c1ccc(C2=NNCCC2)cc1. The quantitative estimate of drug-likeness (QED) is 0.590. The Morgan fingerprint density at radius 2 is 2.07 bits per heavy atom. The van der Waals surface area contributed by atoms with Crippen LogP contribution in [0.25, 0.3) is 0 Å². The van der Waals surface area contributed by atoms with E-state index in [1.807, 2.05) is 0 Å². The average Bonchev–Trinajstić information content (AvgIpc) is 2.30. The van der Waals surface area contributed by atoms with Gasteiger partial charge >= 0.3 is 0 Å². The molecule has 5 nitrogen and oxygen atoms in total. The zero-order chi connectivity index (χ0) is 10.7. The number of benzene rings is 1. The Morgan fingerprint density at radius 3 is 2.60 bits per heavy atom. The molecule has 0 amide bonds. The van der Waals surface area contributed by atoms with Gasteiger partial charge < -0.3 is 5.43 Å². The van der Waals surface area contributed by atoms with E-state index in [9.17, 15) is 10.1 Å². The van der Waals surface area contributed by atoms with Crippen LogP contribution in [-0.2, 0) is 0 Å². The topological polar surface area (TPSA) is 67.5 Å². The molecule has 1 aliphatic heterocycles. The van der Waals surface area contributed by atoms with E-state index in [0.29, 0.717) is 0 Å². The summed E-state index contributed by atoms with van der Waals surface area (Å²) in [5.74, 6) is 0. The summed E-state index contributed by atoms with van der Waals surface area (Å²) in [4.78, 5) is 10.1. The fraction of sp³-hybridized carbons (Fsp3) is 0.300. The average molecular weight is 205 g/mol. The molecule has 0 fully saturated rings. The Balaban J connectivity index is 2.23. The van der Waals surface area contributed by atoms with Crippen molar-refractivity contribution in [2.24, 2.45) is 5.10 Å². The Labute approximate surface area is 87.0 Å². The second kappa shape index (κ2) is 4.08. The van der Waals surface area contributed by atoms with Crippen molar-refractivity contribution in [3.05, 3.63) is 39.9 Å². The van der Waals surface area contributed by atoms with Crippen molar-refractivity contribution in [3.8, 4) is 0 Å². The summed E-state index contributed by atoms with van der Waals surface area (Å²) >= 11 is 0. The van der Waals surface area contributed by atoms with Crippen LogP contribution in [0.15, 0.2) is 29.4 Å². The zero-order valence-electron chi connectivity index (χ0n) is 8.14. The molecule has 0 aromatic heterocycles. The smallest absolute Gasteiger partial charge is 0.269 e. The highest BCUT2D eigenvalue weighted by Gasteiger charge is 2.10. The van der Waals surface area contributed by atoms with E-state index in [1.165, 1.54) is 12.1 Å². The fourth-order valence-corrected chi connectivity index (χ4v) is 1.53. The molecule has 0 saturated carbocycles. The number of non-ortho nitro benzene ring substituents is 1. The maximum Gasteiger partial charge on any atom is 0.269 e. The van der Waals surface area contributed by atoms with Crippen LogP contribution >= 0.6 is 0 Å². The Morgan fingerprint density at radius 1 is 1.33 bits per heavy atom. The number of hydrogen-bond acceptors (Lipinski definition) is 4. The van der Waals surface area contributed by atoms with Crippen LogP contribution in [0.4, 0.5) is 5.69 Å². The summed E-state index contributed by atoms with van der Waals surface area (Å²) in [5, 5.41) is 14.6. The van der Waals surface area contributed by atoms with Gasteiger partial charge in [0, 0.05) is 18.7 Å². The molecular formula is C10H11N3O2. The van der Waals surface area contributed by atoms with E-state index in [0.717, 1.165) is 30.7 Å². The minimum atomic E-state index is -0.398. The van der Waals surface area contributed by atoms with Crippen LogP contribution in [0.5, 0.6) is 0 Å². The highest BCUT2D eigenvalue weighted by molar-refractivity contribution is 6.00. The highest BCUT2D eigenvalue weighted by atomic mass is 16.6. The van der Waals surface area contributed by atoms with Crippen molar-refractivity contribution in [2.75, 3.05) is 6.54 Å². The number of nitrogens with one attached hydrogen (secondary N) is 1. The van der Waals surface area contributed by atoms with E-state index in [1.54, 1.807) is 12.1 Å². The van der Waals surface area contributed by atoms with Crippen molar-refractivity contribution in [1.29, 1.82) is 0 Å². The molecule has 0 saturated heterocycles. The van der Waals surface area contributed by atoms with Gasteiger partial charge in [-0.15, -0.1) is 0 Å². The molecule has 0 radical (unpaired) electrons. The Kier molecular flexibility index (Phi) is 2.62. The van der Waals surface area contributed by atoms with Crippen LogP contribution in [0.3, 0.4) is 0 Å². The molecule has 0 unspecified atom stereocenters. The number of nitro groups is 1. The predicted molar refractivity (Wildman–Crippen MR) is 56.9 cm³/mol. The van der Waals surface area contributed by atoms with Crippen molar-refractivity contribution in [1.82, 2.24) is 5.43 Å². The molecule has 1 N–H and O–H groups in total. The second-order valence-electron chi connectivity index (χ2n) is 3.37. The summed E-state index contributed by atoms with van der Waals surface area (Å²) in [6, 6.07) is 6.49. The summed E-state index contributed by atoms with van der Waals surface area (Å²) in [5.41, 5.74) is 4.96. The van der Waals surface area contributed by atoms with Gasteiger partial charge in [-0.05, 0) is 30.5 Å².